The van der Waals surface area contributed by atoms with Crippen LogP contribution in [0.3, 0.4) is 0 Å². The van der Waals surface area contributed by atoms with Gasteiger partial charge in [0.1, 0.15) is 0 Å². The molecule has 2 N–H and O–H groups in total. The molecule has 0 aliphatic carbocycles. The van der Waals surface area contributed by atoms with Crippen molar-refractivity contribution in [2.75, 3.05) is 13.2 Å². The summed E-state index contributed by atoms with van der Waals surface area (Å²) in [6, 6.07) is 4.51. The Morgan fingerprint density at radius 1 is 1.45 bits per heavy atom. The van der Waals surface area contributed by atoms with Crippen LogP contribution in [0.4, 0.5) is 0 Å². The van der Waals surface area contributed by atoms with Crippen molar-refractivity contribution in [3.05, 3.63) is 28.0 Å². The molecule has 0 radical (unpaired) electrons. The second kappa shape index (κ2) is 7.57. The van der Waals surface area contributed by atoms with E-state index in [1.54, 1.807) is 17.4 Å². The molecule has 1 saturated heterocycles. The zero-order chi connectivity index (χ0) is 14.4. The van der Waals surface area contributed by atoms with Gasteiger partial charge in [0.05, 0.1) is 0 Å². The number of aliphatic carboxylic acids is 1. The van der Waals surface area contributed by atoms with Crippen molar-refractivity contribution in [1.29, 1.82) is 0 Å². The van der Waals surface area contributed by atoms with E-state index in [2.05, 4.69) is 11.0 Å². The van der Waals surface area contributed by atoms with Gasteiger partial charge in [-0.1, -0.05) is 6.42 Å². The lowest BCUT2D eigenvalue weighted by molar-refractivity contribution is -0.131. The van der Waals surface area contributed by atoms with E-state index in [9.17, 15) is 4.79 Å². The van der Waals surface area contributed by atoms with Crippen LogP contribution in [-0.4, -0.2) is 40.3 Å². The summed E-state index contributed by atoms with van der Waals surface area (Å²) in [5, 5.41) is 17.8. The molecule has 0 saturated carbocycles. The van der Waals surface area contributed by atoms with Gasteiger partial charge in [-0.25, -0.2) is 4.79 Å². The fourth-order valence-corrected chi connectivity index (χ4v) is 3.61. The first-order valence-corrected chi connectivity index (χ1v) is 7.85. The van der Waals surface area contributed by atoms with Crippen LogP contribution in [0.1, 0.15) is 35.4 Å². The molecule has 2 heterocycles. The average Bonchev–Trinajstić information content (AvgIpc) is 2.87. The third-order valence-electron chi connectivity index (χ3n) is 3.64. The molecule has 1 atom stereocenters. The number of carbonyl (C=O) groups is 1. The number of rotatable bonds is 6. The number of aliphatic hydroxyl groups is 1. The number of carboxylic acid groups (broad SMARTS) is 1. The van der Waals surface area contributed by atoms with E-state index < -0.39 is 5.97 Å². The number of hydrogen-bond acceptors (Lipinski definition) is 4. The number of piperidine rings is 1. The Kier molecular flexibility index (Phi) is 5.76. The fraction of sp³-hybridized carbons (Fsp3) is 0.533. The van der Waals surface area contributed by atoms with E-state index in [0.717, 1.165) is 30.8 Å². The monoisotopic (exact) mass is 295 g/mol. The van der Waals surface area contributed by atoms with Crippen LogP contribution in [0.25, 0.3) is 6.08 Å². The van der Waals surface area contributed by atoms with Crippen LogP contribution < -0.4 is 0 Å². The quantitative estimate of drug-likeness (QED) is 0.792. The Bertz CT molecular complexity index is 467. The highest BCUT2D eigenvalue weighted by atomic mass is 32.1. The average molecular weight is 295 g/mol. The highest BCUT2D eigenvalue weighted by molar-refractivity contribution is 7.12. The standard InChI is InChI=1S/C15H21NO3S/c17-10-8-12-3-1-2-9-16(12)11-14-5-4-13(20-14)6-7-15(18)19/h4-7,12,17H,1-3,8-11H2,(H,18,19). The van der Waals surface area contributed by atoms with Crippen LogP contribution in [0.5, 0.6) is 0 Å². The van der Waals surface area contributed by atoms with Gasteiger partial charge in [-0.15, -0.1) is 11.3 Å². The Labute approximate surface area is 123 Å². The second-order valence-electron chi connectivity index (χ2n) is 5.11. The van der Waals surface area contributed by atoms with E-state index in [-0.39, 0.29) is 6.61 Å². The van der Waals surface area contributed by atoms with Crippen LogP contribution in [-0.2, 0) is 11.3 Å². The Balaban J connectivity index is 1.96. The summed E-state index contributed by atoms with van der Waals surface area (Å²) in [6.45, 7) is 2.23. The van der Waals surface area contributed by atoms with Crippen molar-refractivity contribution in [3.63, 3.8) is 0 Å². The van der Waals surface area contributed by atoms with Crippen LogP contribution in [0.15, 0.2) is 18.2 Å². The second-order valence-corrected chi connectivity index (χ2v) is 6.31. The van der Waals surface area contributed by atoms with Crippen molar-refractivity contribution >= 4 is 23.4 Å². The van der Waals surface area contributed by atoms with Crippen molar-refractivity contribution in [1.82, 2.24) is 4.90 Å². The van der Waals surface area contributed by atoms with E-state index in [4.69, 9.17) is 10.2 Å². The van der Waals surface area contributed by atoms with Gasteiger partial charge in [0.2, 0.25) is 0 Å². The number of aliphatic hydroxyl groups excluding tert-OH is 1. The molecule has 0 amide bonds. The zero-order valence-electron chi connectivity index (χ0n) is 11.5. The molecule has 0 spiro atoms. The van der Waals surface area contributed by atoms with Crippen molar-refractivity contribution < 1.29 is 15.0 Å². The van der Waals surface area contributed by atoms with E-state index in [1.807, 2.05) is 6.07 Å². The maximum absolute atomic E-state index is 10.5. The Morgan fingerprint density at radius 3 is 3.05 bits per heavy atom. The molecule has 1 aromatic heterocycles. The lowest BCUT2D eigenvalue weighted by Gasteiger charge is -2.35. The maximum atomic E-state index is 10.5. The first-order valence-electron chi connectivity index (χ1n) is 7.03. The molecule has 1 aliphatic rings. The Hall–Kier alpha value is -1.17. The first-order chi connectivity index (χ1) is 9.69. The molecule has 1 unspecified atom stereocenters. The molecule has 1 aliphatic heterocycles. The van der Waals surface area contributed by atoms with Crippen molar-refractivity contribution in [2.45, 2.75) is 38.3 Å². The number of thiophene rings is 1. The summed E-state index contributed by atoms with van der Waals surface area (Å²) in [7, 11) is 0. The van der Waals surface area contributed by atoms with Crippen LogP contribution >= 0.6 is 11.3 Å². The molecule has 2 rings (SSSR count). The fourth-order valence-electron chi connectivity index (χ4n) is 2.67. The first kappa shape index (κ1) is 15.2. The highest BCUT2D eigenvalue weighted by Crippen LogP contribution is 2.25. The number of likely N-dealkylation sites (tertiary alicyclic amines) is 1. The molecule has 20 heavy (non-hydrogen) atoms. The molecule has 110 valence electrons. The largest absolute Gasteiger partial charge is 0.478 e. The summed E-state index contributed by atoms with van der Waals surface area (Å²) in [5.41, 5.74) is 0. The molecular weight excluding hydrogens is 274 g/mol. The maximum Gasteiger partial charge on any atom is 0.328 e. The molecular formula is C15H21NO3S. The smallest absolute Gasteiger partial charge is 0.328 e. The van der Waals surface area contributed by atoms with Gasteiger partial charge in [-0.05, 0) is 44.0 Å². The van der Waals surface area contributed by atoms with Gasteiger partial charge in [-0.2, -0.15) is 0 Å². The normalized spacial score (nSPS) is 20.6. The van der Waals surface area contributed by atoms with Crippen molar-refractivity contribution in [3.8, 4) is 0 Å². The summed E-state index contributed by atoms with van der Waals surface area (Å²) < 4.78 is 0. The SMILES string of the molecule is O=C(O)C=Cc1ccc(CN2CCCCC2CCO)s1. The number of carboxylic acids is 1. The van der Waals surface area contributed by atoms with Gasteiger partial charge in [0, 0.05) is 35.0 Å². The molecule has 1 aromatic rings. The predicted molar refractivity (Wildman–Crippen MR) is 80.7 cm³/mol. The number of nitrogens with zero attached hydrogens (tertiary/aromatic N) is 1. The third-order valence-corrected chi connectivity index (χ3v) is 4.68. The van der Waals surface area contributed by atoms with E-state index in [1.165, 1.54) is 23.8 Å². The molecule has 4 nitrogen and oxygen atoms in total. The topological polar surface area (TPSA) is 60.8 Å². The summed E-state index contributed by atoms with van der Waals surface area (Å²) in [6.07, 6.45) is 7.29. The molecule has 0 bridgehead atoms. The minimum atomic E-state index is -0.918. The van der Waals surface area contributed by atoms with Gasteiger partial charge < -0.3 is 10.2 Å². The zero-order valence-corrected chi connectivity index (χ0v) is 12.3. The minimum Gasteiger partial charge on any atom is -0.478 e. The molecule has 1 fully saturated rings. The van der Waals surface area contributed by atoms with E-state index in [0.29, 0.717) is 6.04 Å². The minimum absolute atomic E-state index is 0.248. The third kappa shape index (κ3) is 4.44. The number of hydrogen-bond donors (Lipinski definition) is 2. The lowest BCUT2D eigenvalue weighted by atomic mass is 9.99. The van der Waals surface area contributed by atoms with Gasteiger partial charge in [0.15, 0.2) is 0 Å². The van der Waals surface area contributed by atoms with Gasteiger partial charge >= 0.3 is 5.97 Å². The van der Waals surface area contributed by atoms with Gasteiger partial charge in [0.25, 0.3) is 0 Å². The summed E-state index contributed by atoms with van der Waals surface area (Å²) in [5.74, 6) is -0.918. The molecule has 5 heteroatoms. The van der Waals surface area contributed by atoms with E-state index >= 15 is 0 Å². The summed E-state index contributed by atoms with van der Waals surface area (Å²) >= 11 is 1.63. The highest BCUT2D eigenvalue weighted by Gasteiger charge is 2.22. The summed E-state index contributed by atoms with van der Waals surface area (Å²) in [4.78, 5) is 15.2. The Morgan fingerprint density at radius 2 is 2.30 bits per heavy atom. The van der Waals surface area contributed by atoms with Crippen LogP contribution in [0, 0.1) is 0 Å². The molecule has 0 aromatic carbocycles. The lowest BCUT2D eigenvalue weighted by Crippen LogP contribution is -2.39. The van der Waals surface area contributed by atoms with Gasteiger partial charge in [-0.3, -0.25) is 4.90 Å². The van der Waals surface area contributed by atoms with Crippen LogP contribution in [0.2, 0.25) is 0 Å². The van der Waals surface area contributed by atoms with Crippen molar-refractivity contribution in [2.24, 2.45) is 0 Å². The predicted octanol–water partition coefficient (Wildman–Crippen LogP) is 2.58.